The van der Waals surface area contributed by atoms with Gasteiger partial charge in [0, 0.05) is 50.4 Å². The Morgan fingerprint density at radius 3 is 2.42 bits per heavy atom. The van der Waals surface area contributed by atoms with E-state index < -0.39 is 0 Å². The molecule has 1 aliphatic carbocycles. The second kappa shape index (κ2) is 6.93. The normalized spacial score (nSPS) is 20.5. The zero-order valence-corrected chi connectivity index (χ0v) is 15.2. The van der Waals surface area contributed by atoms with E-state index in [9.17, 15) is 0 Å². The van der Waals surface area contributed by atoms with Crippen LogP contribution in [0.3, 0.4) is 0 Å². The van der Waals surface area contributed by atoms with Gasteiger partial charge >= 0.3 is 0 Å². The van der Waals surface area contributed by atoms with Crippen molar-refractivity contribution in [2.45, 2.75) is 19.3 Å². The Balaban J connectivity index is 1.20. The molecule has 0 N–H and O–H groups in total. The molecule has 2 aliphatic heterocycles. The van der Waals surface area contributed by atoms with Crippen LogP contribution in [0, 0.1) is 5.92 Å². The van der Waals surface area contributed by atoms with Crippen LogP contribution >= 0.6 is 0 Å². The lowest BCUT2D eigenvalue weighted by molar-refractivity contribution is -0.215. The largest absolute Gasteiger partial charge is 0.369 e. The van der Waals surface area contributed by atoms with Crippen LogP contribution in [0.15, 0.2) is 42.5 Å². The first-order valence-corrected chi connectivity index (χ1v) is 9.82. The van der Waals surface area contributed by atoms with Gasteiger partial charge in [0.05, 0.1) is 6.61 Å². The van der Waals surface area contributed by atoms with E-state index in [0.717, 1.165) is 44.3 Å². The first-order valence-electron chi connectivity index (χ1n) is 9.82. The quantitative estimate of drug-likeness (QED) is 0.794. The number of hydrogen-bond donors (Lipinski definition) is 0. The molecule has 5 rings (SSSR count). The van der Waals surface area contributed by atoms with Crippen molar-refractivity contribution < 1.29 is 9.78 Å². The molecule has 1 saturated heterocycles. The van der Waals surface area contributed by atoms with Crippen molar-refractivity contribution in [1.82, 2.24) is 4.90 Å². The zero-order valence-electron chi connectivity index (χ0n) is 15.2. The predicted octanol–water partition coefficient (Wildman–Crippen LogP) is 3.09. The minimum absolute atomic E-state index is 0.645. The molecule has 3 aliphatic rings. The molecular weight excluding hydrogens is 324 g/mol. The van der Waals surface area contributed by atoms with Gasteiger partial charge in [-0.3, -0.25) is 4.90 Å². The molecule has 0 bridgehead atoms. The van der Waals surface area contributed by atoms with Crippen molar-refractivity contribution in [2.24, 2.45) is 5.92 Å². The summed E-state index contributed by atoms with van der Waals surface area (Å²) in [7, 11) is 0. The monoisotopic (exact) mass is 350 g/mol. The summed E-state index contributed by atoms with van der Waals surface area (Å²) in [5.41, 5.74) is 5.76. The number of benzene rings is 2. The van der Waals surface area contributed by atoms with Gasteiger partial charge in [-0.2, -0.15) is 4.89 Å². The third kappa shape index (κ3) is 3.08. The molecular formula is C22H26N2O2. The highest BCUT2D eigenvalue weighted by molar-refractivity contribution is 5.60. The highest BCUT2D eigenvalue weighted by Gasteiger charge is 2.26. The van der Waals surface area contributed by atoms with Gasteiger partial charge in [0.15, 0.2) is 5.75 Å². The summed E-state index contributed by atoms with van der Waals surface area (Å²) in [6.07, 6.45) is 3.44. The molecule has 2 heterocycles. The van der Waals surface area contributed by atoms with Gasteiger partial charge in [0.25, 0.3) is 0 Å². The smallest absolute Gasteiger partial charge is 0.170 e. The molecule has 0 unspecified atom stereocenters. The van der Waals surface area contributed by atoms with Crippen molar-refractivity contribution in [2.75, 3.05) is 44.2 Å². The van der Waals surface area contributed by atoms with E-state index in [0.29, 0.717) is 6.61 Å². The van der Waals surface area contributed by atoms with Crippen LogP contribution in [-0.2, 0) is 24.2 Å². The van der Waals surface area contributed by atoms with E-state index >= 15 is 0 Å². The van der Waals surface area contributed by atoms with Crippen LogP contribution in [0.4, 0.5) is 5.69 Å². The Kier molecular flexibility index (Phi) is 4.31. The molecule has 0 radical (unpaired) electrons. The summed E-state index contributed by atoms with van der Waals surface area (Å²) in [5.74, 6) is 1.67. The van der Waals surface area contributed by atoms with Crippen molar-refractivity contribution in [3.05, 3.63) is 59.2 Å². The molecule has 26 heavy (non-hydrogen) atoms. The van der Waals surface area contributed by atoms with Crippen LogP contribution in [0.5, 0.6) is 5.75 Å². The Morgan fingerprint density at radius 2 is 1.65 bits per heavy atom. The molecule has 4 heteroatoms. The minimum Gasteiger partial charge on any atom is -0.369 e. The Labute approximate surface area is 155 Å². The number of piperazine rings is 1. The van der Waals surface area contributed by atoms with Gasteiger partial charge in [0.1, 0.15) is 0 Å². The van der Waals surface area contributed by atoms with Gasteiger partial charge in [-0.15, -0.1) is 0 Å². The van der Waals surface area contributed by atoms with E-state index in [4.69, 9.17) is 9.78 Å². The van der Waals surface area contributed by atoms with Gasteiger partial charge in [0.2, 0.25) is 0 Å². The molecule has 0 amide bonds. The Bertz CT molecular complexity index is 758. The lowest BCUT2D eigenvalue weighted by Crippen LogP contribution is -2.48. The maximum atomic E-state index is 5.36. The summed E-state index contributed by atoms with van der Waals surface area (Å²) < 4.78 is 0. The van der Waals surface area contributed by atoms with Crippen LogP contribution in [0.1, 0.15) is 16.7 Å². The van der Waals surface area contributed by atoms with Crippen LogP contribution < -0.4 is 9.79 Å². The second-order valence-corrected chi connectivity index (χ2v) is 7.74. The third-order valence-electron chi connectivity index (χ3n) is 6.06. The molecule has 4 nitrogen and oxygen atoms in total. The standard InChI is InChI=1S/C22H26N2O2/c1-2-5-19-15-17(14-18(19)4-1)16-23-9-11-24(12-10-23)21-6-3-7-22-20(21)8-13-25-26-22/h1-7,17H,8-16H2. The predicted molar refractivity (Wildman–Crippen MR) is 103 cm³/mol. The summed E-state index contributed by atoms with van der Waals surface area (Å²) in [4.78, 5) is 15.7. The highest BCUT2D eigenvalue weighted by atomic mass is 17.2. The molecule has 2 aromatic rings. The lowest BCUT2D eigenvalue weighted by Gasteiger charge is -2.38. The first-order chi connectivity index (χ1) is 12.9. The molecule has 2 aromatic carbocycles. The number of rotatable bonds is 3. The number of fused-ring (bicyclic) bond motifs is 2. The molecule has 0 atom stereocenters. The van der Waals surface area contributed by atoms with Gasteiger partial charge in [-0.25, -0.2) is 0 Å². The maximum absolute atomic E-state index is 5.36. The summed E-state index contributed by atoms with van der Waals surface area (Å²) in [5, 5.41) is 0. The number of nitrogens with zero attached hydrogens (tertiary/aromatic N) is 2. The van der Waals surface area contributed by atoms with Crippen molar-refractivity contribution in [1.29, 1.82) is 0 Å². The van der Waals surface area contributed by atoms with E-state index in [1.54, 1.807) is 11.1 Å². The van der Waals surface area contributed by atoms with Gasteiger partial charge in [-0.1, -0.05) is 30.3 Å². The summed E-state index contributed by atoms with van der Waals surface area (Å²) in [6.45, 7) is 6.36. The fraction of sp³-hybridized carbons (Fsp3) is 0.455. The average Bonchev–Trinajstić information content (AvgIpc) is 3.10. The zero-order chi connectivity index (χ0) is 17.3. The molecule has 0 spiro atoms. The van der Waals surface area contributed by atoms with E-state index in [-0.39, 0.29) is 0 Å². The van der Waals surface area contributed by atoms with Crippen molar-refractivity contribution >= 4 is 5.69 Å². The number of anilines is 1. The summed E-state index contributed by atoms with van der Waals surface area (Å²) >= 11 is 0. The van der Waals surface area contributed by atoms with Crippen LogP contribution in [-0.4, -0.2) is 44.2 Å². The topological polar surface area (TPSA) is 24.9 Å². The molecule has 0 saturated carbocycles. The van der Waals surface area contributed by atoms with Crippen molar-refractivity contribution in [3.63, 3.8) is 0 Å². The minimum atomic E-state index is 0.645. The first kappa shape index (κ1) is 16.2. The molecule has 0 aromatic heterocycles. The number of hydrogen-bond acceptors (Lipinski definition) is 4. The van der Waals surface area contributed by atoms with Gasteiger partial charge < -0.3 is 9.79 Å². The average molecular weight is 350 g/mol. The highest BCUT2D eigenvalue weighted by Crippen LogP contribution is 2.33. The van der Waals surface area contributed by atoms with Crippen molar-refractivity contribution in [3.8, 4) is 5.75 Å². The van der Waals surface area contributed by atoms with E-state index in [2.05, 4.69) is 46.2 Å². The SMILES string of the molecule is c1ccc2c(c1)CC(CN1CCN(c3cccc4c3CCOO4)CC1)C2. The molecule has 1 fully saturated rings. The Morgan fingerprint density at radius 1 is 0.885 bits per heavy atom. The van der Waals surface area contributed by atoms with Gasteiger partial charge in [-0.05, 0) is 42.0 Å². The summed E-state index contributed by atoms with van der Waals surface area (Å²) in [6, 6.07) is 15.3. The molecule has 136 valence electrons. The Hall–Kier alpha value is -2.04. The third-order valence-corrected chi connectivity index (χ3v) is 6.06. The van der Waals surface area contributed by atoms with Crippen LogP contribution in [0.25, 0.3) is 0 Å². The fourth-order valence-electron chi connectivity index (χ4n) is 4.74. The second-order valence-electron chi connectivity index (χ2n) is 7.74. The van der Waals surface area contributed by atoms with E-state index in [1.165, 1.54) is 30.6 Å². The van der Waals surface area contributed by atoms with E-state index in [1.807, 2.05) is 6.07 Å². The maximum Gasteiger partial charge on any atom is 0.170 e. The fourth-order valence-corrected chi connectivity index (χ4v) is 4.74. The van der Waals surface area contributed by atoms with Crippen LogP contribution in [0.2, 0.25) is 0 Å². The lowest BCUT2D eigenvalue weighted by atomic mass is 10.0.